The van der Waals surface area contributed by atoms with E-state index in [1.807, 2.05) is 42.5 Å². The number of hydrogen-bond donors (Lipinski definition) is 2. The van der Waals surface area contributed by atoms with Crippen LogP contribution in [0.4, 0.5) is 11.4 Å². The molecule has 26 heavy (non-hydrogen) atoms. The van der Waals surface area contributed by atoms with Crippen LogP contribution in [0.15, 0.2) is 57.6 Å². The number of rotatable bonds is 2. The van der Waals surface area contributed by atoms with Crippen molar-refractivity contribution in [3.8, 4) is 0 Å². The summed E-state index contributed by atoms with van der Waals surface area (Å²) < 4.78 is 5.84. The summed E-state index contributed by atoms with van der Waals surface area (Å²) in [5, 5.41) is 6.16. The van der Waals surface area contributed by atoms with E-state index < -0.39 is 5.97 Å². The van der Waals surface area contributed by atoms with E-state index in [0.29, 0.717) is 17.0 Å². The van der Waals surface area contributed by atoms with Gasteiger partial charge in [-0.3, -0.25) is 9.59 Å². The summed E-state index contributed by atoms with van der Waals surface area (Å²) in [6.45, 7) is 1.23. The molecule has 0 aromatic heterocycles. The summed E-state index contributed by atoms with van der Waals surface area (Å²) >= 11 is 3.45. The van der Waals surface area contributed by atoms with Crippen LogP contribution in [0.2, 0.25) is 0 Å². The van der Waals surface area contributed by atoms with E-state index in [0.717, 1.165) is 27.0 Å². The van der Waals surface area contributed by atoms with Crippen molar-refractivity contribution in [2.45, 2.75) is 6.92 Å². The number of anilines is 2. The van der Waals surface area contributed by atoms with Crippen molar-refractivity contribution >= 4 is 50.5 Å². The van der Waals surface area contributed by atoms with Crippen LogP contribution in [0.5, 0.6) is 0 Å². The number of amides is 1. The Balaban J connectivity index is 1.88. The number of allylic oxidation sites excluding steroid dienone is 1. The van der Waals surface area contributed by atoms with Gasteiger partial charge in [-0.05, 0) is 24.3 Å². The van der Waals surface area contributed by atoms with Crippen molar-refractivity contribution in [1.82, 2.24) is 0 Å². The van der Waals surface area contributed by atoms with E-state index in [4.69, 9.17) is 4.74 Å². The Kier molecular flexibility index (Phi) is 4.08. The lowest BCUT2D eigenvalue weighted by Gasteiger charge is -2.07. The van der Waals surface area contributed by atoms with E-state index in [1.165, 1.54) is 6.92 Å². The molecule has 0 unspecified atom stereocenters. The number of aliphatic imine (C=N–C) groups is 1. The molecule has 0 saturated heterocycles. The predicted molar refractivity (Wildman–Crippen MR) is 103 cm³/mol. The molecular weight excluding hydrogens is 398 g/mol. The third-order valence-corrected chi connectivity index (χ3v) is 4.64. The third-order valence-electron chi connectivity index (χ3n) is 4.15. The summed E-state index contributed by atoms with van der Waals surface area (Å²) in [6, 6.07) is 13.2. The minimum absolute atomic E-state index is 0.107. The first kappa shape index (κ1) is 16.5. The second kappa shape index (κ2) is 6.42. The minimum atomic E-state index is -0.407. The fourth-order valence-electron chi connectivity index (χ4n) is 3.05. The minimum Gasteiger partial charge on any atom is -0.443 e. The highest BCUT2D eigenvalue weighted by atomic mass is 79.9. The molecule has 0 bridgehead atoms. The second-order valence-corrected chi connectivity index (χ2v) is 6.75. The first-order chi connectivity index (χ1) is 12.5. The molecule has 4 rings (SSSR count). The topological polar surface area (TPSA) is 79.8 Å². The Morgan fingerprint density at radius 3 is 2.69 bits per heavy atom. The number of nitrogens with zero attached hydrogens (tertiary/aromatic N) is 1. The van der Waals surface area contributed by atoms with Gasteiger partial charge in [0.05, 0.1) is 17.0 Å². The van der Waals surface area contributed by atoms with Gasteiger partial charge in [0.1, 0.15) is 0 Å². The highest BCUT2D eigenvalue weighted by Gasteiger charge is 2.33. The fourth-order valence-corrected chi connectivity index (χ4v) is 3.41. The number of fused-ring (bicyclic) bond motifs is 2. The molecule has 2 N–H and O–H groups in total. The third kappa shape index (κ3) is 2.80. The highest BCUT2D eigenvalue weighted by molar-refractivity contribution is 9.10. The molecule has 2 aromatic carbocycles. The quantitative estimate of drug-likeness (QED) is 0.584. The summed E-state index contributed by atoms with van der Waals surface area (Å²) in [5.74, 6) is -0.607. The highest BCUT2D eigenvalue weighted by Crippen LogP contribution is 2.40. The van der Waals surface area contributed by atoms with Crippen molar-refractivity contribution < 1.29 is 14.3 Å². The lowest BCUT2D eigenvalue weighted by atomic mass is 10.0. The molecule has 2 heterocycles. The van der Waals surface area contributed by atoms with E-state index in [-0.39, 0.29) is 12.6 Å². The van der Waals surface area contributed by atoms with Crippen LogP contribution in [0.25, 0.3) is 5.57 Å². The normalized spacial score (nSPS) is 19.0. The molecule has 0 saturated carbocycles. The Bertz CT molecular complexity index is 1010. The van der Waals surface area contributed by atoms with Crippen LogP contribution in [0.3, 0.4) is 0 Å². The molecule has 0 aliphatic carbocycles. The Morgan fingerprint density at radius 2 is 1.88 bits per heavy atom. The summed E-state index contributed by atoms with van der Waals surface area (Å²) in [5.41, 5.74) is 4.97. The first-order valence-corrected chi connectivity index (χ1v) is 8.74. The van der Waals surface area contributed by atoms with Crippen LogP contribution in [0, 0.1) is 0 Å². The largest absolute Gasteiger partial charge is 0.443 e. The van der Waals surface area contributed by atoms with Crippen molar-refractivity contribution in [3.05, 3.63) is 63.8 Å². The average Bonchev–Trinajstić information content (AvgIpc) is 3.11. The van der Waals surface area contributed by atoms with Gasteiger partial charge in [0.25, 0.3) is 5.91 Å². The van der Waals surface area contributed by atoms with Crippen molar-refractivity contribution in [2.75, 3.05) is 17.4 Å². The van der Waals surface area contributed by atoms with Gasteiger partial charge in [-0.25, -0.2) is 4.99 Å². The molecule has 0 fully saturated rings. The van der Waals surface area contributed by atoms with Crippen molar-refractivity contribution in [2.24, 2.45) is 4.99 Å². The Hall–Kier alpha value is -2.93. The van der Waals surface area contributed by atoms with Crippen LogP contribution in [-0.4, -0.2) is 24.3 Å². The fraction of sp³-hybridized carbons (Fsp3) is 0.105. The van der Waals surface area contributed by atoms with E-state index in [2.05, 4.69) is 31.6 Å². The van der Waals surface area contributed by atoms with Gasteiger partial charge in [-0.2, -0.15) is 0 Å². The summed E-state index contributed by atoms with van der Waals surface area (Å²) in [4.78, 5) is 28.1. The SMILES string of the molecule is CC(=O)OC/N=C1/C(=C2/C(=O)Nc3ccc(Br)cc32)Nc2ccccc21. The van der Waals surface area contributed by atoms with Crippen LogP contribution in [-0.2, 0) is 14.3 Å². The van der Waals surface area contributed by atoms with Crippen molar-refractivity contribution in [3.63, 3.8) is 0 Å². The van der Waals surface area contributed by atoms with Gasteiger partial charge < -0.3 is 15.4 Å². The zero-order valence-electron chi connectivity index (χ0n) is 13.8. The van der Waals surface area contributed by atoms with Gasteiger partial charge >= 0.3 is 5.97 Å². The summed E-state index contributed by atoms with van der Waals surface area (Å²) in [7, 11) is 0. The van der Waals surface area contributed by atoms with Crippen LogP contribution >= 0.6 is 15.9 Å². The molecule has 1 amide bonds. The Morgan fingerprint density at radius 1 is 1.12 bits per heavy atom. The lowest BCUT2D eigenvalue weighted by Crippen LogP contribution is -2.13. The molecule has 6 nitrogen and oxygen atoms in total. The number of para-hydroxylation sites is 1. The number of carbonyl (C=O) groups is 2. The number of carbonyl (C=O) groups excluding carboxylic acids is 2. The second-order valence-electron chi connectivity index (χ2n) is 5.84. The van der Waals surface area contributed by atoms with Gasteiger partial charge in [0, 0.05) is 33.9 Å². The van der Waals surface area contributed by atoms with E-state index in [9.17, 15) is 9.59 Å². The number of benzene rings is 2. The van der Waals surface area contributed by atoms with E-state index >= 15 is 0 Å². The van der Waals surface area contributed by atoms with Gasteiger partial charge in [-0.1, -0.05) is 34.1 Å². The summed E-state index contributed by atoms with van der Waals surface area (Å²) in [6.07, 6.45) is 0. The standard InChI is InChI=1S/C19H14BrN3O3/c1-10(24)26-9-21-17-12-4-2-3-5-14(12)22-18(17)16-13-8-11(20)6-7-15(13)23-19(16)25/h2-8,22H,9H2,1H3,(H,23,25)/b18-16-,21-17+. The van der Waals surface area contributed by atoms with Gasteiger partial charge in [-0.15, -0.1) is 0 Å². The van der Waals surface area contributed by atoms with Gasteiger partial charge in [0.15, 0.2) is 6.73 Å². The zero-order valence-corrected chi connectivity index (χ0v) is 15.4. The molecule has 0 radical (unpaired) electrons. The molecule has 2 aromatic rings. The molecular formula is C19H14BrN3O3. The van der Waals surface area contributed by atoms with Crippen molar-refractivity contribution in [1.29, 1.82) is 0 Å². The monoisotopic (exact) mass is 411 g/mol. The Labute approximate surface area is 158 Å². The molecule has 2 aliphatic heterocycles. The maximum atomic E-state index is 12.6. The molecule has 0 spiro atoms. The number of halogens is 1. The number of hydrogen-bond acceptors (Lipinski definition) is 5. The molecule has 130 valence electrons. The number of esters is 1. The maximum absolute atomic E-state index is 12.6. The molecule has 2 aliphatic rings. The number of ether oxygens (including phenoxy) is 1. The zero-order chi connectivity index (χ0) is 18.3. The van der Waals surface area contributed by atoms with Crippen LogP contribution in [0.1, 0.15) is 18.1 Å². The smallest absolute Gasteiger partial charge is 0.304 e. The first-order valence-electron chi connectivity index (χ1n) is 7.95. The van der Waals surface area contributed by atoms with Crippen LogP contribution < -0.4 is 10.6 Å². The maximum Gasteiger partial charge on any atom is 0.304 e. The lowest BCUT2D eigenvalue weighted by molar-refractivity contribution is -0.140. The number of nitrogens with one attached hydrogen (secondary N) is 2. The average molecular weight is 412 g/mol. The predicted octanol–water partition coefficient (Wildman–Crippen LogP) is 3.55. The van der Waals surface area contributed by atoms with E-state index in [1.54, 1.807) is 0 Å². The molecule has 0 atom stereocenters. The van der Waals surface area contributed by atoms with Gasteiger partial charge in [0.2, 0.25) is 0 Å². The molecule has 7 heteroatoms.